The van der Waals surface area contributed by atoms with Crippen molar-refractivity contribution < 1.29 is 23.4 Å². The Morgan fingerprint density at radius 3 is 2.49 bits per heavy atom. The summed E-state index contributed by atoms with van der Waals surface area (Å²) in [6, 6.07) is 19.9. The van der Waals surface area contributed by atoms with Crippen LogP contribution in [0.4, 0.5) is 4.39 Å². The fourth-order valence-corrected chi connectivity index (χ4v) is 6.06. The maximum absolute atomic E-state index is 13.3. The van der Waals surface area contributed by atoms with Gasteiger partial charge in [0.2, 0.25) is 0 Å². The van der Waals surface area contributed by atoms with Gasteiger partial charge in [-0.15, -0.1) is 0 Å². The van der Waals surface area contributed by atoms with Gasteiger partial charge in [0, 0.05) is 46.8 Å². The van der Waals surface area contributed by atoms with Crippen LogP contribution in [0.2, 0.25) is 5.02 Å². The van der Waals surface area contributed by atoms with Crippen LogP contribution in [0.5, 0.6) is 11.5 Å². The highest BCUT2D eigenvalue weighted by Crippen LogP contribution is 2.42. The molecular formula is C32H31ClFNO4. The number of hydrogen-bond donors (Lipinski definition) is 1. The van der Waals surface area contributed by atoms with Crippen LogP contribution in [0, 0.1) is 11.7 Å². The van der Waals surface area contributed by atoms with Crippen molar-refractivity contribution in [3.63, 3.8) is 0 Å². The van der Waals surface area contributed by atoms with Crippen LogP contribution in [0.25, 0.3) is 10.9 Å². The van der Waals surface area contributed by atoms with Crippen molar-refractivity contribution in [1.82, 2.24) is 4.98 Å². The highest BCUT2D eigenvalue weighted by atomic mass is 35.5. The number of ether oxygens (including phenoxy) is 3. The van der Waals surface area contributed by atoms with E-state index in [2.05, 4.69) is 17.1 Å². The van der Waals surface area contributed by atoms with Crippen LogP contribution >= 0.6 is 11.6 Å². The zero-order valence-corrected chi connectivity index (χ0v) is 22.4. The Hall–Kier alpha value is -3.35. The van der Waals surface area contributed by atoms with Crippen molar-refractivity contribution >= 4 is 28.5 Å². The molecule has 6 rings (SSSR count). The molecule has 7 heteroatoms. The second kappa shape index (κ2) is 11.4. The molecule has 2 atom stereocenters. The second-order valence-corrected chi connectivity index (χ2v) is 11.0. The molecular weight excluding hydrogens is 517 g/mol. The van der Waals surface area contributed by atoms with Gasteiger partial charge in [0.1, 0.15) is 23.4 Å². The molecule has 0 saturated carbocycles. The lowest BCUT2D eigenvalue weighted by Crippen LogP contribution is -2.25. The molecule has 2 heterocycles. The molecule has 202 valence electrons. The molecule has 5 nitrogen and oxygen atoms in total. The zero-order valence-electron chi connectivity index (χ0n) is 21.6. The van der Waals surface area contributed by atoms with E-state index >= 15 is 0 Å². The highest BCUT2D eigenvalue weighted by Gasteiger charge is 2.30. The predicted octanol–water partition coefficient (Wildman–Crippen LogP) is 7.60. The summed E-state index contributed by atoms with van der Waals surface area (Å²) in [5, 5.41) is 1.84. The first kappa shape index (κ1) is 25.9. The topological polar surface area (TPSA) is 60.6 Å². The molecule has 1 aliphatic heterocycles. The van der Waals surface area contributed by atoms with Crippen molar-refractivity contribution in [1.29, 1.82) is 0 Å². The monoisotopic (exact) mass is 547 g/mol. The lowest BCUT2D eigenvalue weighted by Gasteiger charge is -2.24. The molecule has 4 aromatic rings. The zero-order chi connectivity index (χ0) is 26.8. The highest BCUT2D eigenvalue weighted by molar-refractivity contribution is 6.31. The number of H-pyrrole nitrogens is 1. The van der Waals surface area contributed by atoms with Gasteiger partial charge >= 0.3 is 5.97 Å². The summed E-state index contributed by atoms with van der Waals surface area (Å²) in [6.45, 7) is 1.48. The van der Waals surface area contributed by atoms with E-state index in [0.717, 1.165) is 62.0 Å². The average molecular weight is 548 g/mol. The van der Waals surface area contributed by atoms with E-state index in [4.69, 9.17) is 25.8 Å². The van der Waals surface area contributed by atoms with Crippen LogP contribution in [0.15, 0.2) is 66.7 Å². The Morgan fingerprint density at radius 1 is 0.974 bits per heavy atom. The number of hydrogen-bond acceptors (Lipinski definition) is 4. The summed E-state index contributed by atoms with van der Waals surface area (Å²) in [5.41, 5.74) is 4.68. The molecule has 1 N–H and O–H groups in total. The Morgan fingerprint density at radius 2 is 1.72 bits per heavy atom. The Kier molecular flexibility index (Phi) is 7.58. The molecule has 1 saturated heterocycles. The average Bonchev–Trinajstić information content (AvgIpc) is 3.20. The van der Waals surface area contributed by atoms with Crippen LogP contribution in [-0.2, 0) is 16.0 Å². The first-order valence-corrected chi connectivity index (χ1v) is 14.0. The Bertz CT molecular complexity index is 1440. The quantitative estimate of drug-likeness (QED) is 0.153. The number of rotatable bonds is 6. The minimum absolute atomic E-state index is 0.0782. The summed E-state index contributed by atoms with van der Waals surface area (Å²) in [4.78, 5) is 16.5. The lowest BCUT2D eigenvalue weighted by atomic mass is 9.85. The molecule has 39 heavy (non-hydrogen) atoms. The van der Waals surface area contributed by atoms with Gasteiger partial charge in [0.05, 0.1) is 13.2 Å². The van der Waals surface area contributed by atoms with E-state index in [-0.39, 0.29) is 29.7 Å². The largest absolute Gasteiger partial charge is 0.490 e. The predicted molar refractivity (Wildman–Crippen MR) is 149 cm³/mol. The summed E-state index contributed by atoms with van der Waals surface area (Å²) in [5.74, 6) is 0.758. The first-order chi connectivity index (χ1) is 19.0. The number of aromatic nitrogens is 1. The number of nitrogens with one attached hydrogen (secondary N) is 1. The fraction of sp³-hybridized carbons (Fsp3) is 0.344. The standard InChI is InChI=1S/C32H31ClFNO4/c33-22-4-12-30-29(19-22)27-11-1-20(18-31(36)39-25-9-5-23(34)6-10-25)17-28(32(27)35-30)21-2-7-24(8-3-21)38-26-13-15-37-16-14-26/h2-10,12,19-20,26,28,35H,1,11,13-18H2. The van der Waals surface area contributed by atoms with Crippen molar-refractivity contribution in [2.75, 3.05) is 13.2 Å². The third-order valence-electron chi connectivity index (χ3n) is 7.88. The number of aromatic amines is 1. The van der Waals surface area contributed by atoms with Gasteiger partial charge in [-0.05, 0) is 90.9 Å². The van der Waals surface area contributed by atoms with E-state index < -0.39 is 0 Å². The van der Waals surface area contributed by atoms with Crippen molar-refractivity contribution in [3.8, 4) is 11.5 Å². The molecule has 1 aliphatic carbocycles. The third-order valence-corrected chi connectivity index (χ3v) is 8.11. The van der Waals surface area contributed by atoms with E-state index in [0.29, 0.717) is 17.2 Å². The molecule has 1 fully saturated rings. The molecule has 2 unspecified atom stereocenters. The molecule has 0 bridgehead atoms. The van der Waals surface area contributed by atoms with Gasteiger partial charge in [-0.1, -0.05) is 23.7 Å². The van der Waals surface area contributed by atoms with Crippen LogP contribution in [0.3, 0.4) is 0 Å². The molecule has 3 aromatic carbocycles. The molecule has 1 aromatic heterocycles. The smallest absolute Gasteiger partial charge is 0.311 e. The molecule has 0 spiro atoms. The lowest BCUT2D eigenvalue weighted by molar-refractivity contribution is -0.135. The number of aryl methyl sites for hydroxylation is 1. The Balaban J connectivity index is 1.25. The van der Waals surface area contributed by atoms with Crippen molar-refractivity contribution in [2.45, 2.75) is 50.5 Å². The maximum atomic E-state index is 13.3. The van der Waals surface area contributed by atoms with Gasteiger partial charge in [0.15, 0.2) is 0 Å². The first-order valence-electron chi connectivity index (χ1n) is 13.6. The number of esters is 1. The number of carbonyl (C=O) groups excluding carboxylic acids is 1. The van der Waals surface area contributed by atoms with Gasteiger partial charge in [-0.2, -0.15) is 0 Å². The minimum atomic E-state index is -0.362. The van der Waals surface area contributed by atoms with E-state index in [9.17, 15) is 9.18 Å². The van der Waals surface area contributed by atoms with Crippen molar-refractivity contribution in [2.24, 2.45) is 5.92 Å². The number of carbonyl (C=O) groups is 1. The SMILES string of the molecule is O=C(CC1CCc2c([nH]c3ccc(Cl)cc23)C(c2ccc(OC3CCOCC3)cc2)C1)Oc1ccc(F)cc1. The summed E-state index contributed by atoms with van der Waals surface area (Å²) in [7, 11) is 0. The van der Waals surface area contributed by atoms with Crippen LogP contribution in [0.1, 0.15) is 54.8 Å². The summed E-state index contributed by atoms with van der Waals surface area (Å²) < 4.78 is 30.4. The fourth-order valence-electron chi connectivity index (χ4n) is 5.89. The van der Waals surface area contributed by atoms with Gasteiger partial charge < -0.3 is 19.2 Å². The molecule has 0 radical (unpaired) electrons. The maximum Gasteiger partial charge on any atom is 0.311 e. The van der Waals surface area contributed by atoms with Gasteiger partial charge in [-0.25, -0.2) is 4.39 Å². The van der Waals surface area contributed by atoms with E-state index in [1.165, 1.54) is 41.1 Å². The molecule has 2 aliphatic rings. The number of fused-ring (bicyclic) bond motifs is 3. The van der Waals surface area contributed by atoms with Gasteiger partial charge in [0.25, 0.3) is 0 Å². The molecule has 0 amide bonds. The van der Waals surface area contributed by atoms with E-state index in [1.54, 1.807) is 0 Å². The van der Waals surface area contributed by atoms with Crippen LogP contribution < -0.4 is 9.47 Å². The third kappa shape index (κ3) is 5.97. The Labute approximate surface area is 232 Å². The second-order valence-electron chi connectivity index (χ2n) is 10.5. The van der Waals surface area contributed by atoms with Gasteiger partial charge in [-0.3, -0.25) is 4.79 Å². The number of halogens is 2. The normalized spacial score (nSPS) is 19.8. The van der Waals surface area contributed by atoms with Crippen molar-refractivity contribution in [3.05, 3.63) is 94.4 Å². The van der Waals surface area contributed by atoms with Crippen LogP contribution in [-0.4, -0.2) is 30.3 Å². The summed E-state index contributed by atoms with van der Waals surface area (Å²) >= 11 is 6.37. The number of benzene rings is 3. The minimum Gasteiger partial charge on any atom is -0.490 e. The summed E-state index contributed by atoms with van der Waals surface area (Å²) in [6.07, 6.45) is 4.78. The van der Waals surface area contributed by atoms with E-state index in [1.807, 2.05) is 30.3 Å².